The Labute approximate surface area is 138 Å². The molecule has 1 saturated heterocycles. The van der Waals surface area contributed by atoms with E-state index in [9.17, 15) is 0 Å². The highest BCUT2D eigenvalue weighted by atomic mass is 79.9. The topological polar surface area (TPSA) is 15.3 Å². The van der Waals surface area contributed by atoms with Crippen LogP contribution >= 0.6 is 15.9 Å². The fraction of sp³-hybridized carbons (Fsp3) is 0.667. The molecule has 2 rings (SSSR count). The van der Waals surface area contributed by atoms with Crippen LogP contribution in [0.15, 0.2) is 28.7 Å². The summed E-state index contributed by atoms with van der Waals surface area (Å²) in [6.45, 7) is 10.6. The third-order valence-electron chi connectivity index (χ3n) is 4.80. The van der Waals surface area contributed by atoms with Crippen LogP contribution < -0.4 is 5.32 Å². The Balaban J connectivity index is 2.15. The number of nitrogens with zero attached hydrogens (tertiary/aromatic N) is 1. The van der Waals surface area contributed by atoms with E-state index in [0.29, 0.717) is 6.04 Å². The van der Waals surface area contributed by atoms with Crippen LogP contribution in [0.25, 0.3) is 0 Å². The molecule has 0 aliphatic carbocycles. The van der Waals surface area contributed by atoms with Crippen molar-refractivity contribution in [1.29, 1.82) is 0 Å². The number of benzene rings is 1. The third-order valence-corrected chi connectivity index (χ3v) is 5.57. The molecule has 0 spiro atoms. The van der Waals surface area contributed by atoms with Crippen LogP contribution in [0.3, 0.4) is 0 Å². The lowest BCUT2D eigenvalue weighted by Crippen LogP contribution is -2.58. The summed E-state index contributed by atoms with van der Waals surface area (Å²) in [5.41, 5.74) is 1.60. The highest BCUT2D eigenvalue weighted by molar-refractivity contribution is 9.10. The number of hydrogen-bond donors (Lipinski definition) is 1. The summed E-state index contributed by atoms with van der Waals surface area (Å²) in [5.74, 6) is 0. The van der Waals surface area contributed by atoms with Crippen molar-refractivity contribution in [2.75, 3.05) is 19.6 Å². The van der Waals surface area contributed by atoms with Gasteiger partial charge in [-0.05, 0) is 70.8 Å². The van der Waals surface area contributed by atoms with Gasteiger partial charge >= 0.3 is 0 Å². The first-order valence-corrected chi connectivity index (χ1v) is 9.07. The van der Waals surface area contributed by atoms with Gasteiger partial charge in [0.05, 0.1) is 0 Å². The molecule has 1 atom stereocenters. The molecule has 1 fully saturated rings. The van der Waals surface area contributed by atoms with Crippen molar-refractivity contribution in [3.63, 3.8) is 0 Å². The molecule has 0 aromatic heterocycles. The Morgan fingerprint density at radius 3 is 2.52 bits per heavy atom. The smallest absolute Gasteiger partial charge is 0.0309 e. The van der Waals surface area contributed by atoms with E-state index in [-0.39, 0.29) is 5.54 Å². The van der Waals surface area contributed by atoms with Crippen molar-refractivity contribution in [2.24, 2.45) is 0 Å². The van der Waals surface area contributed by atoms with E-state index < -0.39 is 0 Å². The molecule has 0 radical (unpaired) electrons. The molecule has 2 nitrogen and oxygen atoms in total. The third kappa shape index (κ3) is 4.30. The number of likely N-dealkylation sites (tertiary alicyclic amines) is 1. The van der Waals surface area contributed by atoms with Gasteiger partial charge in [0.1, 0.15) is 0 Å². The second-order valence-corrected chi connectivity index (χ2v) is 7.50. The highest BCUT2D eigenvalue weighted by Crippen LogP contribution is 2.28. The van der Waals surface area contributed by atoms with Gasteiger partial charge in [-0.1, -0.05) is 41.1 Å². The Morgan fingerprint density at radius 1 is 1.24 bits per heavy atom. The fourth-order valence-electron chi connectivity index (χ4n) is 3.29. The Hall–Kier alpha value is -0.380. The van der Waals surface area contributed by atoms with Crippen LogP contribution in [0, 0.1) is 0 Å². The molecule has 0 saturated carbocycles. The minimum Gasteiger partial charge on any atom is -0.312 e. The number of halogens is 1. The first-order chi connectivity index (χ1) is 10.1. The van der Waals surface area contributed by atoms with Gasteiger partial charge in [0, 0.05) is 16.1 Å². The highest BCUT2D eigenvalue weighted by Gasteiger charge is 2.36. The molecule has 21 heavy (non-hydrogen) atoms. The van der Waals surface area contributed by atoms with E-state index in [4.69, 9.17) is 0 Å². The molecule has 1 aromatic rings. The van der Waals surface area contributed by atoms with E-state index in [0.717, 1.165) is 13.0 Å². The summed E-state index contributed by atoms with van der Waals surface area (Å²) in [4.78, 5) is 2.66. The van der Waals surface area contributed by atoms with Gasteiger partial charge in [-0.3, -0.25) is 4.90 Å². The zero-order valence-electron chi connectivity index (χ0n) is 13.7. The number of hydrogen-bond acceptors (Lipinski definition) is 2. The largest absolute Gasteiger partial charge is 0.312 e. The van der Waals surface area contributed by atoms with Crippen LogP contribution in [-0.4, -0.2) is 36.1 Å². The minimum absolute atomic E-state index is 0.195. The minimum atomic E-state index is 0.195. The molecule has 1 aliphatic heterocycles. The molecule has 1 heterocycles. The fourth-order valence-corrected chi connectivity index (χ4v) is 3.73. The Bertz CT molecular complexity index is 439. The Kier molecular flexibility index (Phi) is 6.27. The maximum Gasteiger partial charge on any atom is 0.0309 e. The Morgan fingerprint density at radius 2 is 1.90 bits per heavy atom. The van der Waals surface area contributed by atoms with Gasteiger partial charge in [0.15, 0.2) is 0 Å². The summed E-state index contributed by atoms with van der Waals surface area (Å²) in [5, 5.41) is 3.80. The second kappa shape index (κ2) is 7.75. The van der Waals surface area contributed by atoms with E-state index in [1.807, 2.05) is 0 Å². The van der Waals surface area contributed by atoms with Gasteiger partial charge in [-0.25, -0.2) is 0 Å². The molecule has 1 N–H and O–H groups in total. The molecule has 0 bridgehead atoms. The monoisotopic (exact) mass is 352 g/mol. The van der Waals surface area contributed by atoms with Crippen LogP contribution in [0.5, 0.6) is 0 Å². The number of nitrogens with one attached hydrogen (secondary N) is 1. The first-order valence-electron chi connectivity index (χ1n) is 8.27. The van der Waals surface area contributed by atoms with Crippen molar-refractivity contribution in [3.8, 4) is 0 Å². The molecule has 118 valence electrons. The van der Waals surface area contributed by atoms with E-state index in [1.165, 1.54) is 42.4 Å². The second-order valence-electron chi connectivity index (χ2n) is 6.65. The summed E-state index contributed by atoms with van der Waals surface area (Å²) < 4.78 is 1.23. The molecule has 3 heteroatoms. The number of rotatable bonds is 7. The van der Waals surface area contributed by atoms with E-state index in [2.05, 4.69) is 71.2 Å². The van der Waals surface area contributed by atoms with Crippen molar-refractivity contribution in [3.05, 3.63) is 34.3 Å². The molecule has 0 amide bonds. The molecular formula is C18H29BrN2. The lowest BCUT2D eigenvalue weighted by molar-refractivity contribution is 0.106. The average molecular weight is 353 g/mol. The van der Waals surface area contributed by atoms with Gasteiger partial charge < -0.3 is 5.32 Å². The van der Waals surface area contributed by atoms with Crippen molar-refractivity contribution < 1.29 is 0 Å². The van der Waals surface area contributed by atoms with Crippen molar-refractivity contribution in [1.82, 2.24) is 10.2 Å². The van der Waals surface area contributed by atoms with Crippen LogP contribution in [-0.2, 0) is 6.42 Å². The van der Waals surface area contributed by atoms with Gasteiger partial charge in [0.25, 0.3) is 0 Å². The molecule has 1 unspecified atom stereocenters. The average Bonchev–Trinajstić information content (AvgIpc) is 3.00. The zero-order valence-corrected chi connectivity index (χ0v) is 15.2. The molecule has 1 aromatic carbocycles. The normalized spacial score (nSPS) is 18.1. The van der Waals surface area contributed by atoms with E-state index in [1.54, 1.807) is 0 Å². The van der Waals surface area contributed by atoms with Gasteiger partial charge in [-0.2, -0.15) is 0 Å². The maximum atomic E-state index is 3.80. The van der Waals surface area contributed by atoms with E-state index >= 15 is 0 Å². The summed E-state index contributed by atoms with van der Waals surface area (Å²) in [6, 6.07) is 9.10. The molecular weight excluding hydrogens is 324 g/mol. The van der Waals surface area contributed by atoms with Crippen LogP contribution in [0.2, 0.25) is 0 Å². The summed E-state index contributed by atoms with van der Waals surface area (Å²) >= 11 is 3.70. The maximum absolute atomic E-state index is 3.80. The SMILES string of the molecule is CCCNC(Cc1ccccc1Br)C(C)(C)N1CCCC1. The van der Waals surface area contributed by atoms with Gasteiger partial charge in [0.2, 0.25) is 0 Å². The predicted molar refractivity (Wildman–Crippen MR) is 94.8 cm³/mol. The van der Waals surface area contributed by atoms with Crippen LogP contribution in [0.1, 0.15) is 45.6 Å². The van der Waals surface area contributed by atoms with Crippen LogP contribution in [0.4, 0.5) is 0 Å². The zero-order chi connectivity index (χ0) is 15.3. The van der Waals surface area contributed by atoms with Gasteiger partial charge in [-0.15, -0.1) is 0 Å². The lowest BCUT2D eigenvalue weighted by atomic mass is 9.87. The molecule has 1 aliphatic rings. The predicted octanol–water partition coefficient (Wildman–Crippen LogP) is 4.23. The first kappa shape index (κ1) is 17.0. The quantitative estimate of drug-likeness (QED) is 0.789. The standard InChI is InChI=1S/C18H29BrN2/c1-4-11-20-17(14-15-9-5-6-10-16(15)19)18(2,3)21-12-7-8-13-21/h5-6,9-10,17,20H,4,7-8,11-14H2,1-3H3. The summed E-state index contributed by atoms with van der Waals surface area (Å²) in [6.07, 6.45) is 4.95. The summed E-state index contributed by atoms with van der Waals surface area (Å²) in [7, 11) is 0. The van der Waals surface area contributed by atoms with Crippen molar-refractivity contribution in [2.45, 2.75) is 58.0 Å². The lowest BCUT2D eigenvalue weighted by Gasteiger charge is -2.43. The van der Waals surface area contributed by atoms with Crippen molar-refractivity contribution >= 4 is 15.9 Å².